The van der Waals surface area contributed by atoms with Gasteiger partial charge in [0, 0.05) is 5.39 Å². The summed E-state index contributed by atoms with van der Waals surface area (Å²) in [4.78, 5) is 10.4. The fraction of sp³-hybridized carbons (Fsp3) is 0.125. The summed E-state index contributed by atoms with van der Waals surface area (Å²) in [6, 6.07) is 12.6. The van der Waals surface area contributed by atoms with Crippen LogP contribution >= 0.6 is 0 Å². The van der Waals surface area contributed by atoms with E-state index in [0.717, 1.165) is 17.0 Å². The fourth-order valence-electron chi connectivity index (χ4n) is 2.30. The van der Waals surface area contributed by atoms with Gasteiger partial charge in [0.05, 0.1) is 17.0 Å². The molecular formula is C16H13FN2O3. The maximum atomic E-state index is 13.2. The summed E-state index contributed by atoms with van der Waals surface area (Å²) in [6.07, 6.45) is 0. The SMILES string of the molecule is CC(Nc1ccc(F)cc1[N+](=O)[O-])c1cc2ccccc2o1. The van der Waals surface area contributed by atoms with E-state index in [1.165, 1.54) is 12.1 Å². The third-order valence-corrected chi connectivity index (χ3v) is 3.40. The molecule has 0 saturated carbocycles. The van der Waals surface area contributed by atoms with Gasteiger partial charge < -0.3 is 9.73 Å². The number of fused-ring (bicyclic) bond motifs is 1. The number of nitro benzene ring substituents is 1. The Hall–Kier alpha value is -2.89. The van der Waals surface area contributed by atoms with Crippen molar-refractivity contribution >= 4 is 22.3 Å². The van der Waals surface area contributed by atoms with Crippen LogP contribution in [-0.2, 0) is 0 Å². The van der Waals surface area contributed by atoms with Crippen molar-refractivity contribution < 1.29 is 13.7 Å². The van der Waals surface area contributed by atoms with E-state index >= 15 is 0 Å². The molecule has 112 valence electrons. The van der Waals surface area contributed by atoms with Crippen molar-refractivity contribution in [3.63, 3.8) is 0 Å². The molecule has 22 heavy (non-hydrogen) atoms. The summed E-state index contributed by atoms with van der Waals surface area (Å²) in [7, 11) is 0. The number of halogens is 1. The predicted octanol–water partition coefficient (Wildman–Crippen LogP) is 4.65. The highest BCUT2D eigenvalue weighted by Crippen LogP contribution is 2.30. The molecule has 0 bridgehead atoms. The maximum absolute atomic E-state index is 13.2. The van der Waals surface area contributed by atoms with Crippen LogP contribution < -0.4 is 5.32 Å². The van der Waals surface area contributed by atoms with Gasteiger partial charge >= 0.3 is 0 Å². The lowest BCUT2D eigenvalue weighted by molar-refractivity contribution is -0.384. The Morgan fingerprint density at radius 3 is 2.73 bits per heavy atom. The Morgan fingerprint density at radius 1 is 1.23 bits per heavy atom. The van der Waals surface area contributed by atoms with Crippen molar-refractivity contribution in [2.75, 3.05) is 5.32 Å². The second kappa shape index (κ2) is 5.48. The highest BCUT2D eigenvalue weighted by atomic mass is 19.1. The minimum absolute atomic E-state index is 0.249. The van der Waals surface area contributed by atoms with E-state index in [2.05, 4.69) is 5.32 Å². The normalized spacial score (nSPS) is 12.3. The van der Waals surface area contributed by atoms with Crippen LogP contribution in [-0.4, -0.2) is 4.92 Å². The summed E-state index contributed by atoms with van der Waals surface area (Å²) in [5.41, 5.74) is 0.696. The average molecular weight is 300 g/mol. The number of nitro groups is 1. The molecule has 6 heteroatoms. The van der Waals surface area contributed by atoms with Gasteiger partial charge in [-0.1, -0.05) is 18.2 Å². The number of anilines is 1. The van der Waals surface area contributed by atoms with Crippen LogP contribution in [0.4, 0.5) is 15.8 Å². The van der Waals surface area contributed by atoms with E-state index in [9.17, 15) is 14.5 Å². The van der Waals surface area contributed by atoms with Crippen LogP contribution in [0.2, 0.25) is 0 Å². The Balaban J connectivity index is 1.91. The molecule has 3 rings (SSSR count). The second-order valence-corrected chi connectivity index (χ2v) is 4.97. The first-order valence-corrected chi connectivity index (χ1v) is 6.73. The van der Waals surface area contributed by atoms with Gasteiger partial charge in [0.2, 0.25) is 0 Å². The summed E-state index contributed by atoms with van der Waals surface area (Å²) in [6.45, 7) is 1.82. The molecule has 0 aliphatic heterocycles. The van der Waals surface area contributed by atoms with E-state index < -0.39 is 10.7 Å². The van der Waals surface area contributed by atoms with Crippen LogP contribution in [0, 0.1) is 15.9 Å². The van der Waals surface area contributed by atoms with E-state index in [0.29, 0.717) is 5.76 Å². The average Bonchev–Trinajstić information content (AvgIpc) is 2.93. The van der Waals surface area contributed by atoms with Gasteiger partial charge in [-0.25, -0.2) is 4.39 Å². The maximum Gasteiger partial charge on any atom is 0.295 e. The molecule has 1 atom stereocenters. The van der Waals surface area contributed by atoms with Gasteiger partial charge in [0.1, 0.15) is 22.8 Å². The largest absolute Gasteiger partial charge is 0.459 e. The molecule has 0 saturated heterocycles. The molecule has 0 spiro atoms. The number of benzene rings is 2. The van der Waals surface area contributed by atoms with E-state index in [1.54, 1.807) is 0 Å². The first-order chi connectivity index (χ1) is 10.5. The summed E-state index contributed by atoms with van der Waals surface area (Å²) < 4.78 is 18.9. The zero-order chi connectivity index (χ0) is 15.7. The predicted molar refractivity (Wildman–Crippen MR) is 81.3 cm³/mol. The highest BCUT2D eigenvalue weighted by molar-refractivity contribution is 5.78. The van der Waals surface area contributed by atoms with E-state index in [-0.39, 0.29) is 17.4 Å². The second-order valence-electron chi connectivity index (χ2n) is 4.97. The lowest BCUT2D eigenvalue weighted by Gasteiger charge is -2.12. The molecule has 2 aromatic carbocycles. The smallest absolute Gasteiger partial charge is 0.295 e. The molecule has 0 aliphatic rings. The highest BCUT2D eigenvalue weighted by Gasteiger charge is 2.18. The number of furan rings is 1. The van der Waals surface area contributed by atoms with Gasteiger partial charge in [0.15, 0.2) is 0 Å². The molecule has 1 unspecified atom stereocenters. The van der Waals surface area contributed by atoms with Gasteiger partial charge in [-0.05, 0) is 31.2 Å². The molecule has 0 radical (unpaired) electrons. The van der Waals surface area contributed by atoms with Gasteiger partial charge in [-0.3, -0.25) is 10.1 Å². The number of hydrogen-bond acceptors (Lipinski definition) is 4. The minimum Gasteiger partial charge on any atom is -0.459 e. The van der Waals surface area contributed by atoms with E-state index in [4.69, 9.17) is 4.42 Å². The molecule has 3 aromatic rings. The summed E-state index contributed by atoms with van der Waals surface area (Å²) in [5.74, 6) is 0.00784. The molecule has 1 N–H and O–H groups in total. The number of nitrogens with zero attached hydrogens (tertiary/aromatic N) is 1. The molecule has 5 nitrogen and oxygen atoms in total. The molecule has 0 fully saturated rings. The zero-order valence-corrected chi connectivity index (χ0v) is 11.7. The van der Waals surface area contributed by atoms with Gasteiger partial charge in [-0.2, -0.15) is 0 Å². The van der Waals surface area contributed by atoms with Gasteiger partial charge in [-0.15, -0.1) is 0 Å². The van der Waals surface area contributed by atoms with Crippen molar-refractivity contribution in [1.82, 2.24) is 0 Å². The monoisotopic (exact) mass is 300 g/mol. The first-order valence-electron chi connectivity index (χ1n) is 6.73. The fourth-order valence-corrected chi connectivity index (χ4v) is 2.30. The van der Waals surface area contributed by atoms with Gasteiger partial charge in [0.25, 0.3) is 5.69 Å². The molecule has 0 amide bonds. The Kier molecular flexibility index (Phi) is 3.50. The zero-order valence-electron chi connectivity index (χ0n) is 11.7. The van der Waals surface area contributed by atoms with Crippen LogP contribution in [0.5, 0.6) is 0 Å². The number of rotatable bonds is 4. The van der Waals surface area contributed by atoms with Crippen molar-refractivity contribution in [3.8, 4) is 0 Å². The molecule has 0 aliphatic carbocycles. The lowest BCUT2D eigenvalue weighted by atomic mass is 10.2. The minimum atomic E-state index is -0.645. The van der Waals surface area contributed by atoms with Crippen LogP contribution in [0.1, 0.15) is 18.7 Å². The molecular weight excluding hydrogens is 287 g/mol. The first kappa shape index (κ1) is 14.1. The van der Waals surface area contributed by atoms with Crippen molar-refractivity contribution in [3.05, 3.63) is 70.2 Å². The van der Waals surface area contributed by atoms with Crippen LogP contribution in [0.15, 0.2) is 52.9 Å². The lowest BCUT2D eigenvalue weighted by Crippen LogP contribution is -2.07. The quantitative estimate of drug-likeness (QED) is 0.562. The third kappa shape index (κ3) is 2.63. The summed E-state index contributed by atoms with van der Waals surface area (Å²) >= 11 is 0. The Morgan fingerprint density at radius 2 is 2.00 bits per heavy atom. The Labute approximate surface area is 125 Å². The molecule has 1 aromatic heterocycles. The van der Waals surface area contributed by atoms with Crippen LogP contribution in [0.3, 0.4) is 0 Å². The van der Waals surface area contributed by atoms with Crippen molar-refractivity contribution in [2.24, 2.45) is 0 Å². The molecule has 1 heterocycles. The Bertz CT molecular complexity index is 811. The third-order valence-electron chi connectivity index (χ3n) is 3.40. The number of nitrogens with one attached hydrogen (secondary N) is 1. The number of para-hydroxylation sites is 1. The summed E-state index contributed by atoms with van der Waals surface area (Å²) in [5, 5.41) is 15.0. The van der Waals surface area contributed by atoms with Crippen molar-refractivity contribution in [2.45, 2.75) is 13.0 Å². The van der Waals surface area contributed by atoms with E-state index in [1.807, 2.05) is 37.3 Å². The topological polar surface area (TPSA) is 68.3 Å². The number of hydrogen-bond donors (Lipinski definition) is 1. The van der Waals surface area contributed by atoms with Crippen molar-refractivity contribution in [1.29, 1.82) is 0 Å². The van der Waals surface area contributed by atoms with Crippen LogP contribution in [0.25, 0.3) is 11.0 Å². The standard InChI is InChI=1S/C16H13FN2O3/c1-10(16-8-11-4-2-3-5-15(11)22-16)18-13-7-6-12(17)9-14(13)19(20)21/h2-10,18H,1H3.